The Morgan fingerprint density at radius 2 is 1.59 bits per heavy atom. The van der Waals surface area contributed by atoms with Gasteiger partial charge in [0.2, 0.25) is 0 Å². The molecule has 1 aromatic rings. The van der Waals surface area contributed by atoms with E-state index in [0.717, 1.165) is 6.92 Å². The van der Waals surface area contributed by atoms with Gasteiger partial charge in [0.25, 0.3) is 0 Å². The summed E-state index contributed by atoms with van der Waals surface area (Å²) in [4.78, 5) is 12.1. The van der Waals surface area contributed by atoms with Crippen LogP contribution in [0.15, 0.2) is 0 Å². The lowest BCUT2D eigenvalue weighted by atomic mass is 10.1. The minimum atomic E-state index is -4.64. The molecule has 0 bridgehead atoms. The first kappa shape index (κ1) is 21.8. The lowest BCUT2D eigenvalue weighted by Gasteiger charge is -2.13. The maximum absolute atomic E-state index is 13.8. The van der Waals surface area contributed by atoms with Gasteiger partial charge in [0.1, 0.15) is 12.0 Å². The van der Waals surface area contributed by atoms with Gasteiger partial charge in [-0.05, 0) is 24.7 Å². The van der Waals surface area contributed by atoms with Crippen LogP contribution in [-0.2, 0) is 16.1 Å². The highest BCUT2D eigenvalue weighted by Gasteiger charge is 2.64. The molecular weight excluding hydrogens is 405 g/mol. The van der Waals surface area contributed by atoms with E-state index in [-0.39, 0.29) is 0 Å². The number of halogens is 8. The van der Waals surface area contributed by atoms with Crippen LogP contribution >= 0.6 is 11.6 Å². The van der Waals surface area contributed by atoms with Gasteiger partial charge in [0.05, 0.1) is 11.5 Å². The quantitative estimate of drug-likeness (QED) is 0.275. The Morgan fingerprint density at radius 1 is 1.11 bits per heavy atom. The zero-order valence-corrected chi connectivity index (χ0v) is 15.2. The zero-order valence-electron chi connectivity index (χ0n) is 14.5. The summed E-state index contributed by atoms with van der Waals surface area (Å²) in [5.41, 5.74) is -2.83. The highest BCUT2D eigenvalue weighted by Crippen LogP contribution is 2.62. The van der Waals surface area contributed by atoms with Crippen molar-refractivity contribution in [1.29, 1.82) is 0 Å². The number of benzene rings is 1. The number of ether oxygens (including phenoxy) is 1. The molecule has 10 heteroatoms. The number of hydrogen-bond donors (Lipinski definition) is 0. The Kier molecular flexibility index (Phi) is 5.76. The molecule has 0 aliphatic heterocycles. The third-order valence-electron chi connectivity index (χ3n) is 5.05. The Bertz CT molecular complexity index is 732. The van der Waals surface area contributed by atoms with Crippen molar-refractivity contribution >= 4 is 17.6 Å². The monoisotopic (exact) mass is 420 g/mol. The van der Waals surface area contributed by atoms with Crippen molar-refractivity contribution in [3.8, 4) is 0 Å². The SMILES string of the molecule is Cc1c(F)c(F)c(COC(=O)C2C(CC(Cl)C(F)(F)F)C2(C)C)c(F)c1F. The van der Waals surface area contributed by atoms with Crippen LogP contribution in [0.2, 0.25) is 0 Å². The summed E-state index contributed by atoms with van der Waals surface area (Å²) < 4.78 is 97.1. The molecule has 3 unspecified atom stereocenters. The Hall–Kier alpha value is -1.51. The number of alkyl halides is 4. The lowest BCUT2D eigenvalue weighted by Crippen LogP contribution is -2.24. The molecule has 0 radical (unpaired) electrons. The van der Waals surface area contributed by atoms with E-state index >= 15 is 0 Å². The van der Waals surface area contributed by atoms with Gasteiger partial charge in [-0.25, -0.2) is 17.6 Å². The molecule has 2 rings (SSSR count). The fraction of sp³-hybridized carbons (Fsp3) is 0.588. The molecular formula is C17H16ClF7O2. The molecule has 2 nitrogen and oxygen atoms in total. The molecule has 27 heavy (non-hydrogen) atoms. The molecule has 1 aromatic carbocycles. The second-order valence-electron chi connectivity index (χ2n) is 7.12. The standard InChI is InChI=1S/C17H16ClF7O2/c1-6-11(19)13(21)7(14(22)12(6)20)5-27-15(26)10-8(16(10,2)3)4-9(18)17(23,24)25/h8-10H,4-5H2,1-3H3. The first-order chi connectivity index (χ1) is 12.2. The summed E-state index contributed by atoms with van der Waals surface area (Å²) in [5, 5.41) is -2.16. The molecule has 0 N–H and O–H groups in total. The van der Waals surface area contributed by atoms with E-state index in [1.165, 1.54) is 13.8 Å². The van der Waals surface area contributed by atoms with E-state index in [4.69, 9.17) is 16.3 Å². The molecule has 0 saturated heterocycles. The van der Waals surface area contributed by atoms with Gasteiger partial charge in [-0.15, -0.1) is 11.6 Å². The highest BCUT2D eigenvalue weighted by molar-refractivity contribution is 6.21. The van der Waals surface area contributed by atoms with E-state index in [0.29, 0.717) is 0 Å². The van der Waals surface area contributed by atoms with Gasteiger partial charge in [0.15, 0.2) is 23.3 Å². The third-order valence-corrected chi connectivity index (χ3v) is 5.48. The van der Waals surface area contributed by atoms with Crippen molar-refractivity contribution in [3.05, 3.63) is 34.4 Å². The lowest BCUT2D eigenvalue weighted by molar-refractivity contribution is -0.148. The maximum Gasteiger partial charge on any atom is 0.404 e. The molecule has 0 heterocycles. The van der Waals surface area contributed by atoms with Crippen LogP contribution < -0.4 is 0 Å². The van der Waals surface area contributed by atoms with Gasteiger partial charge in [-0.3, -0.25) is 4.79 Å². The van der Waals surface area contributed by atoms with Crippen LogP contribution in [0.5, 0.6) is 0 Å². The van der Waals surface area contributed by atoms with Crippen LogP contribution in [0.4, 0.5) is 30.7 Å². The second-order valence-corrected chi connectivity index (χ2v) is 7.64. The van der Waals surface area contributed by atoms with Crippen molar-refractivity contribution in [2.45, 2.75) is 45.4 Å². The number of hydrogen-bond acceptors (Lipinski definition) is 2. The number of carbonyl (C=O) groups excluding carboxylic acids is 1. The molecule has 0 spiro atoms. The van der Waals surface area contributed by atoms with Gasteiger partial charge in [0, 0.05) is 5.56 Å². The normalized spacial score (nSPS) is 22.5. The van der Waals surface area contributed by atoms with Crippen LogP contribution in [0.1, 0.15) is 31.4 Å². The summed E-state index contributed by atoms with van der Waals surface area (Å²) in [7, 11) is 0. The minimum Gasteiger partial charge on any atom is -0.460 e. The fourth-order valence-corrected chi connectivity index (χ4v) is 3.35. The van der Waals surface area contributed by atoms with Crippen molar-refractivity contribution in [3.63, 3.8) is 0 Å². The predicted octanol–water partition coefficient (Wildman–Crippen LogP) is 5.43. The topological polar surface area (TPSA) is 26.3 Å². The van der Waals surface area contributed by atoms with Crippen molar-refractivity contribution in [2.75, 3.05) is 0 Å². The Morgan fingerprint density at radius 3 is 2.04 bits per heavy atom. The Labute approximate surface area is 155 Å². The Balaban J connectivity index is 2.09. The van der Waals surface area contributed by atoms with E-state index in [9.17, 15) is 35.5 Å². The largest absolute Gasteiger partial charge is 0.460 e. The second kappa shape index (κ2) is 7.14. The molecule has 1 aliphatic carbocycles. The van der Waals surface area contributed by atoms with E-state index in [2.05, 4.69) is 0 Å². The van der Waals surface area contributed by atoms with Crippen molar-refractivity contribution in [1.82, 2.24) is 0 Å². The number of carbonyl (C=O) groups is 1. The molecule has 1 saturated carbocycles. The van der Waals surface area contributed by atoms with Gasteiger partial charge in [-0.1, -0.05) is 13.8 Å². The first-order valence-electron chi connectivity index (χ1n) is 7.90. The molecule has 1 aliphatic rings. The van der Waals surface area contributed by atoms with Crippen LogP contribution in [-0.4, -0.2) is 17.5 Å². The average Bonchev–Trinajstić information content (AvgIpc) is 3.10. The first-order valence-corrected chi connectivity index (χ1v) is 8.33. The van der Waals surface area contributed by atoms with E-state index in [1.807, 2.05) is 0 Å². The van der Waals surface area contributed by atoms with Crippen molar-refractivity contribution in [2.24, 2.45) is 17.3 Å². The third kappa shape index (κ3) is 4.02. The molecule has 3 atom stereocenters. The van der Waals surface area contributed by atoms with Crippen LogP contribution in [0, 0.1) is 47.4 Å². The van der Waals surface area contributed by atoms with E-state index < -0.39 is 82.2 Å². The molecule has 1 fully saturated rings. The molecule has 152 valence electrons. The smallest absolute Gasteiger partial charge is 0.404 e. The minimum absolute atomic E-state index is 0.533. The van der Waals surface area contributed by atoms with Crippen molar-refractivity contribution < 1.29 is 40.3 Å². The summed E-state index contributed by atoms with van der Waals surface area (Å²) in [5.74, 6) is -9.36. The summed E-state index contributed by atoms with van der Waals surface area (Å²) in [6, 6.07) is 0. The molecule has 0 amide bonds. The number of esters is 1. The predicted molar refractivity (Wildman–Crippen MR) is 81.9 cm³/mol. The zero-order chi connectivity index (χ0) is 20.9. The van der Waals surface area contributed by atoms with E-state index in [1.54, 1.807) is 0 Å². The molecule has 0 aromatic heterocycles. The fourth-order valence-electron chi connectivity index (χ4n) is 3.16. The highest BCUT2D eigenvalue weighted by atomic mass is 35.5. The van der Waals surface area contributed by atoms with Gasteiger partial charge in [-0.2, -0.15) is 13.2 Å². The van der Waals surface area contributed by atoms with Crippen LogP contribution in [0.25, 0.3) is 0 Å². The summed E-state index contributed by atoms with van der Waals surface area (Å²) in [6.07, 6.45) is -5.17. The summed E-state index contributed by atoms with van der Waals surface area (Å²) in [6.45, 7) is 2.80. The number of rotatable bonds is 5. The van der Waals surface area contributed by atoms with Gasteiger partial charge >= 0.3 is 12.1 Å². The average molecular weight is 421 g/mol. The van der Waals surface area contributed by atoms with Crippen LogP contribution in [0.3, 0.4) is 0 Å². The maximum atomic E-state index is 13.8. The van der Waals surface area contributed by atoms with Gasteiger partial charge < -0.3 is 4.74 Å². The summed E-state index contributed by atoms with van der Waals surface area (Å²) >= 11 is 5.29.